The van der Waals surface area contributed by atoms with Crippen LogP contribution in [0, 0.1) is 10.1 Å². The molecule has 2 rings (SSSR count). The fourth-order valence-electron chi connectivity index (χ4n) is 2.43. The molecule has 0 spiro atoms. The maximum Gasteiger partial charge on any atom is 0.288 e. The van der Waals surface area contributed by atoms with Crippen LogP contribution in [0.25, 0.3) is 0 Å². The van der Waals surface area contributed by atoms with Crippen LogP contribution in [0.15, 0.2) is 48.5 Å². The van der Waals surface area contributed by atoms with Crippen molar-refractivity contribution in [2.45, 2.75) is 19.1 Å². The number of benzene rings is 2. The highest BCUT2D eigenvalue weighted by molar-refractivity contribution is 6.32. The normalized spacial score (nSPS) is 13.1. The van der Waals surface area contributed by atoms with E-state index < -0.39 is 10.8 Å². The number of nitro benzene ring substituents is 1. The number of rotatable bonds is 6. The minimum Gasteiger partial charge on any atom is -0.375 e. The number of carbonyl (C=O) groups excluding carboxylic acids is 1. The van der Waals surface area contributed by atoms with Gasteiger partial charge in [-0.25, -0.2) is 0 Å². The van der Waals surface area contributed by atoms with Gasteiger partial charge in [0.1, 0.15) is 11.1 Å². The first-order valence-corrected chi connectivity index (χ1v) is 7.64. The lowest BCUT2D eigenvalue weighted by molar-refractivity contribution is -0.384. The summed E-state index contributed by atoms with van der Waals surface area (Å²) < 4.78 is 5.47. The summed E-state index contributed by atoms with van der Waals surface area (Å²) >= 11 is 5.76. The molecule has 0 aliphatic heterocycles. The van der Waals surface area contributed by atoms with Gasteiger partial charge in [0.25, 0.3) is 11.6 Å². The van der Waals surface area contributed by atoms with Gasteiger partial charge in [0.2, 0.25) is 0 Å². The first kappa shape index (κ1) is 17.9. The predicted molar refractivity (Wildman–Crippen MR) is 91.2 cm³/mol. The van der Waals surface area contributed by atoms with Crippen molar-refractivity contribution in [3.8, 4) is 0 Å². The highest BCUT2D eigenvalue weighted by Crippen LogP contribution is 2.25. The summed E-state index contributed by atoms with van der Waals surface area (Å²) in [6, 6.07) is 13.1. The molecule has 0 aliphatic carbocycles. The lowest BCUT2D eigenvalue weighted by Crippen LogP contribution is -2.37. The van der Waals surface area contributed by atoms with E-state index in [1.807, 2.05) is 37.3 Å². The summed E-state index contributed by atoms with van der Waals surface area (Å²) in [5.74, 6) is -0.430. The number of amides is 1. The summed E-state index contributed by atoms with van der Waals surface area (Å²) in [6.07, 6.45) is -0.336. The standard InChI is InChI=1S/C17H17ClN2O4/c1-11(16(24-2)12-6-4-3-5-7-12)19-17(21)13-8-9-14(18)15(10-13)20(22)23/h3-11,16H,1-2H3,(H,19,21). The van der Waals surface area contributed by atoms with Gasteiger partial charge in [0, 0.05) is 18.7 Å². The fourth-order valence-corrected chi connectivity index (χ4v) is 2.62. The van der Waals surface area contributed by atoms with Crippen LogP contribution < -0.4 is 5.32 Å². The molecule has 7 heteroatoms. The molecule has 0 bridgehead atoms. The molecular formula is C17H17ClN2O4. The Kier molecular flexibility index (Phi) is 5.89. The number of methoxy groups -OCH3 is 1. The molecule has 1 amide bonds. The van der Waals surface area contributed by atoms with Crippen LogP contribution in [0.1, 0.15) is 28.9 Å². The molecule has 24 heavy (non-hydrogen) atoms. The summed E-state index contributed by atoms with van der Waals surface area (Å²) in [5, 5.41) is 13.7. The van der Waals surface area contributed by atoms with E-state index in [9.17, 15) is 14.9 Å². The van der Waals surface area contributed by atoms with Crippen LogP contribution >= 0.6 is 11.6 Å². The van der Waals surface area contributed by atoms with E-state index in [2.05, 4.69) is 5.32 Å². The number of hydrogen-bond donors (Lipinski definition) is 1. The van der Waals surface area contributed by atoms with Crippen molar-refractivity contribution in [3.63, 3.8) is 0 Å². The Morgan fingerprint density at radius 2 is 1.92 bits per heavy atom. The lowest BCUT2D eigenvalue weighted by Gasteiger charge is -2.24. The lowest BCUT2D eigenvalue weighted by atomic mass is 10.0. The van der Waals surface area contributed by atoms with Gasteiger partial charge in [-0.15, -0.1) is 0 Å². The topological polar surface area (TPSA) is 81.5 Å². The zero-order valence-electron chi connectivity index (χ0n) is 13.2. The number of nitrogens with zero attached hydrogens (tertiary/aromatic N) is 1. The third kappa shape index (κ3) is 4.10. The van der Waals surface area contributed by atoms with Gasteiger partial charge >= 0.3 is 0 Å². The minimum absolute atomic E-state index is 0.0105. The third-order valence-electron chi connectivity index (χ3n) is 3.60. The molecule has 126 valence electrons. The molecule has 2 atom stereocenters. The zero-order valence-corrected chi connectivity index (χ0v) is 14.0. The largest absolute Gasteiger partial charge is 0.375 e. The molecule has 6 nitrogen and oxygen atoms in total. The summed E-state index contributed by atoms with van der Waals surface area (Å²) in [6.45, 7) is 1.81. The van der Waals surface area contributed by atoms with Gasteiger partial charge in [0.15, 0.2) is 0 Å². The molecular weight excluding hydrogens is 332 g/mol. The van der Waals surface area contributed by atoms with Crippen molar-refractivity contribution in [1.82, 2.24) is 5.32 Å². The van der Waals surface area contributed by atoms with Crippen molar-refractivity contribution >= 4 is 23.2 Å². The Morgan fingerprint density at radius 1 is 1.25 bits per heavy atom. The summed E-state index contributed by atoms with van der Waals surface area (Å²) in [7, 11) is 1.56. The third-order valence-corrected chi connectivity index (χ3v) is 3.92. The number of hydrogen-bond acceptors (Lipinski definition) is 4. The smallest absolute Gasteiger partial charge is 0.288 e. The Morgan fingerprint density at radius 3 is 2.50 bits per heavy atom. The Hall–Kier alpha value is -2.44. The molecule has 0 radical (unpaired) electrons. The number of ether oxygens (including phenoxy) is 1. The van der Waals surface area contributed by atoms with Crippen molar-refractivity contribution < 1.29 is 14.5 Å². The highest BCUT2D eigenvalue weighted by atomic mass is 35.5. The van der Waals surface area contributed by atoms with Gasteiger partial charge in [-0.1, -0.05) is 41.9 Å². The van der Waals surface area contributed by atoms with Gasteiger partial charge in [0.05, 0.1) is 11.0 Å². The van der Waals surface area contributed by atoms with E-state index in [-0.39, 0.29) is 28.4 Å². The van der Waals surface area contributed by atoms with Crippen LogP contribution in [-0.4, -0.2) is 24.0 Å². The van der Waals surface area contributed by atoms with Gasteiger partial charge in [-0.05, 0) is 24.6 Å². The summed E-state index contributed by atoms with van der Waals surface area (Å²) in [4.78, 5) is 22.7. The van der Waals surface area contributed by atoms with Crippen LogP contribution in [0.4, 0.5) is 5.69 Å². The molecule has 0 heterocycles. The fraction of sp³-hybridized carbons (Fsp3) is 0.235. The van der Waals surface area contributed by atoms with E-state index in [0.29, 0.717) is 0 Å². The molecule has 2 aromatic rings. The molecule has 0 fully saturated rings. The van der Waals surface area contributed by atoms with Gasteiger partial charge in [-0.3, -0.25) is 14.9 Å². The number of halogens is 1. The number of nitro groups is 1. The molecule has 0 saturated heterocycles. The maximum absolute atomic E-state index is 12.4. The quantitative estimate of drug-likeness (QED) is 0.636. The predicted octanol–water partition coefficient (Wildman–Crippen LogP) is 3.75. The Balaban J connectivity index is 2.16. The van der Waals surface area contributed by atoms with Crippen molar-refractivity contribution in [1.29, 1.82) is 0 Å². The number of nitrogens with one attached hydrogen (secondary N) is 1. The second-order valence-electron chi connectivity index (χ2n) is 5.25. The second kappa shape index (κ2) is 7.90. The van der Waals surface area contributed by atoms with Crippen LogP contribution in [-0.2, 0) is 4.74 Å². The molecule has 0 aliphatic rings. The van der Waals surface area contributed by atoms with Crippen LogP contribution in [0.5, 0.6) is 0 Å². The first-order chi connectivity index (χ1) is 11.4. The van der Waals surface area contributed by atoms with Crippen molar-refractivity contribution in [3.05, 3.63) is 74.8 Å². The molecule has 0 aromatic heterocycles. The van der Waals surface area contributed by atoms with E-state index in [1.54, 1.807) is 7.11 Å². The van der Waals surface area contributed by atoms with Crippen LogP contribution in [0.3, 0.4) is 0 Å². The van der Waals surface area contributed by atoms with E-state index in [4.69, 9.17) is 16.3 Å². The number of carbonyl (C=O) groups is 1. The minimum atomic E-state index is -0.621. The van der Waals surface area contributed by atoms with Gasteiger partial charge < -0.3 is 10.1 Å². The molecule has 1 N–H and O–H groups in total. The van der Waals surface area contributed by atoms with E-state index in [0.717, 1.165) is 11.6 Å². The van der Waals surface area contributed by atoms with E-state index >= 15 is 0 Å². The molecule has 0 saturated carbocycles. The second-order valence-corrected chi connectivity index (χ2v) is 5.66. The van der Waals surface area contributed by atoms with Gasteiger partial charge in [-0.2, -0.15) is 0 Å². The summed E-state index contributed by atoms with van der Waals surface area (Å²) in [5.41, 5.74) is 0.791. The van der Waals surface area contributed by atoms with Crippen LogP contribution in [0.2, 0.25) is 5.02 Å². The zero-order chi connectivity index (χ0) is 17.7. The monoisotopic (exact) mass is 348 g/mol. The molecule has 2 aromatic carbocycles. The molecule has 2 unspecified atom stereocenters. The highest BCUT2D eigenvalue weighted by Gasteiger charge is 2.22. The van der Waals surface area contributed by atoms with Crippen molar-refractivity contribution in [2.75, 3.05) is 7.11 Å². The Labute approximate surface area is 144 Å². The first-order valence-electron chi connectivity index (χ1n) is 7.26. The SMILES string of the molecule is COC(c1ccccc1)C(C)NC(=O)c1ccc(Cl)c([N+](=O)[O-])c1. The average molecular weight is 349 g/mol. The Bertz CT molecular complexity index is 737. The average Bonchev–Trinajstić information content (AvgIpc) is 2.56. The maximum atomic E-state index is 12.4. The van der Waals surface area contributed by atoms with E-state index in [1.165, 1.54) is 12.1 Å². The van der Waals surface area contributed by atoms with Crippen molar-refractivity contribution in [2.24, 2.45) is 0 Å².